The molecule has 0 saturated carbocycles. The predicted molar refractivity (Wildman–Crippen MR) is 60.4 cm³/mol. The smallest absolute Gasteiger partial charge is 0.330 e. The normalized spacial score (nSPS) is 14.7. The first-order chi connectivity index (χ1) is 6.87. The van der Waals surface area contributed by atoms with Crippen LogP contribution < -0.4 is 0 Å². The van der Waals surface area contributed by atoms with Gasteiger partial charge in [0.15, 0.2) is 0 Å². The minimum atomic E-state index is -0.958. The molecule has 0 aliphatic rings. The van der Waals surface area contributed by atoms with Gasteiger partial charge in [-0.3, -0.25) is 0 Å². The van der Waals surface area contributed by atoms with E-state index < -0.39 is 11.6 Å². The average Bonchev–Trinajstić information content (AvgIpc) is 2.13. The number of hydrogen-bond acceptors (Lipinski definition) is 3. The van der Waals surface area contributed by atoms with Crippen molar-refractivity contribution in [3.8, 4) is 0 Å². The summed E-state index contributed by atoms with van der Waals surface area (Å²) in [6.45, 7) is 5.70. The molecule has 15 heavy (non-hydrogen) atoms. The van der Waals surface area contributed by atoms with E-state index in [4.69, 9.17) is 0 Å². The zero-order valence-corrected chi connectivity index (χ0v) is 9.91. The van der Waals surface area contributed by atoms with E-state index in [1.165, 1.54) is 24.8 Å². The number of carbonyl (C=O) groups excluding carboxylic acids is 1. The van der Waals surface area contributed by atoms with E-state index in [0.717, 1.165) is 6.42 Å². The lowest BCUT2D eigenvalue weighted by atomic mass is 9.99. The molecule has 0 amide bonds. The van der Waals surface area contributed by atoms with Crippen LogP contribution in [0.5, 0.6) is 0 Å². The van der Waals surface area contributed by atoms with E-state index in [1.54, 1.807) is 6.92 Å². The highest BCUT2D eigenvalue weighted by atomic mass is 16.5. The van der Waals surface area contributed by atoms with Gasteiger partial charge in [0.1, 0.15) is 0 Å². The third kappa shape index (κ3) is 7.94. The van der Waals surface area contributed by atoms with Crippen LogP contribution in [0.1, 0.15) is 33.6 Å². The third-order valence-electron chi connectivity index (χ3n) is 1.98. The Hall–Kier alpha value is -1.09. The first-order valence-corrected chi connectivity index (χ1v) is 5.00. The minimum Gasteiger partial charge on any atom is -0.466 e. The van der Waals surface area contributed by atoms with Crippen LogP contribution >= 0.6 is 0 Å². The third-order valence-corrected chi connectivity index (χ3v) is 1.98. The average molecular weight is 212 g/mol. The molecule has 0 rings (SSSR count). The van der Waals surface area contributed by atoms with Gasteiger partial charge in [0, 0.05) is 6.08 Å². The van der Waals surface area contributed by atoms with E-state index in [0.29, 0.717) is 6.42 Å². The lowest BCUT2D eigenvalue weighted by Gasteiger charge is -2.17. The van der Waals surface area contributed by atoms with Crippen molar-refractivity contribution in [3.63, 3.8) is 0 Å². The molecule has 1 N–H and O–H groups in total. The second-order valence-electron chi connectivity index (χ2n) is 4.03. The number of methoxy groups -OCH3 is 1. The number of carbonyl (C=O) groups is 1. The summed E-state index contributed by atoms with van der Waals surface area (Å²) in [4.78, 5) is 10.8. The Morgan fingerprint density at radius 1 is 1.47 bits per heavy atom. The molecule has 0 aliphatic carbocycles. The Bertz CT molecular complexity index is 258. The lowest BCUT2D eigenvalue weighted by molar-refractivity contribution is -0.134. The summed E-state index contributed by atoms with van der Waals surface area (Å²) in [6, 6.07) is 0. The van der Waals surface area contributed by atoms with Gasteiger partial charge in [0.25, 0.3) is 0 Å². The fraction of sp³-hybridized carbons (Fsp3) is 0.583. The van der Waals surface area contributed by atoms with E-state index in [1.807, 2.05) is 13.8 Å². The lowest BCUT2D eigenvalue weighted by Crippen LogP contribution is -2.20. The number of rotatable bonds is 5. The largest absolute Gasteiger partial charge is 0.466 e. The molecule has 0 fully saturated rings. The first-order valence-electron chi connectivity index (χ1n) is 5.00. The van der Waals surface area contributed by atoms with Crippen LogP contribution in [0.4, 0.5) is 0 Å². The maximum atomic E-state index is 10.8. The molecular weight excluding hydrogens is 192 g/mol. The van der Waals surface area contributed by atoms with Crippen LogP contribution in [0, 0.1) is 0 Å². The molecule has 0 spiro atoms. The Labute approximate surface area is 91.4 Å². The Morgan fingerprint density at radius 3 is 2.53 bits per heavy atom. The van der Waals surface area contributed by atoms with Crippen molar-refractivity contribution in [2.45, 2.75) is 39.2 Å². The second-order valence-corrected chi connectivity index (χ2v) is 4.03. The van der Waals surface area contributed by atoms with Crippen molar-refractivity contribution >= 4 is 5.97 Å². The van der Waals surface area contributed by atoms with Gasteiger partial charge < -0.3 is 9.84 Å². The van der Waals surface area contributed by atoms with Crippen molar-refractivity contribution < 1.29 is 14.6 Å². The molecule has 3 heteroatoms. The molecule has 3 nitrogen and oxygen atoms in total. The van der Waals surface area contributed by atoms with Crippen molar-refractivity contribution in [3.05, 3.63) is 23.8 Å². The number of ether oxygens (including phenoxy) is 1. The van der Waals surface area contributed by atoms with Crippen LogP contribution in [0.2, 0.25) is 0 Å². The standard InChI is InChI=1S/C12H20O3/c1-10(2)6-5-8-12(3,14)9-7-11(13)15-4/h6-7,9,14H,5,8H2,1-4H3. The molecule has 0 heterocycles. The van der Waals surface area contributed by atoms with E-state index in [9.17, 15) is 9.90 Å². The van der Waals surface area contributed by atoms with Crippen LogP contribution in [0.3, 0.4) is 0 Å². The summed E-state index contributed by atoms with van der Waals surface area (Å²) in [5.41, 5.74) is 0.267. The topological polar surface area (TPSA) is 46.5 Å². The molecule has 1 atom stereocenters. The minimum absolute atomic E-state index is 0.447. The summed E-state index contributed by atoms with van der Waals surface area (Å²) in [7, 11) is 1.31. The monoisotopic (exact) mass is 212 g/mol. The molecule has 0 radical (unpaired) electrons. The van der Waals surface area contributed by atoms with Gasteiger partial charge in [-0.2, -0.15) is 0 Å². The molecule has 0 aromatic rings. The molecule has 1 unspecified atom stereocenters. The fourth-order valence-corrected chi connectivity index (χ4v) is 1.05. The summed E-state index contributed by atoms with van der Waals surface area (Å²) < 4.78 is 4.44. The quantitative estimate of drug-likeness (QED) is 0.432. The molecular formula is C12H20O3. The maximum absolute atomic E-state index is 10.8. The summed E-state index contributed by atoms with van der Waals surface area (Å²) in [5, 5.41) is 9.85. The predicted octanol–water partition coefficient (Wildman–Crippen LogP) is 2.21. The van der Waals surface area contributed by atoms with Gasteiger partial charge in [0.05, 0.1) is 12.7 Å². The van der Waals surface area contributed by atoms with Gasteiger partial charge >= 0.3 is 5.97 Å². The molecule has 0 aromatic carbocycles. The maximum Gasteiger partial charge on any atom is 0.330 e. The summed E-state index contributed by atoms with van der Waals surface area (Å²) in [5.74, 6) is -0.447. The molecule has 0 aliphatic heterocycles. The first kappa shape index (κ1) is 13.9. The van der Waals surface area contributed by atoms with E-state index >= 15 is 0 Å². The number of esters is 1. The summed E-state index contributed by atoms with van der Waals surface area (Å²) in [6.07, 6.45) is 6.16. The second kappa shape index (κ2) is 6.40. The van der Waals surface area contributed by atoms with E-state index in [-0.39, 0.29) is 0 Å². The Kier molecular flexibility index (Phi) is 5.94. The van der Waals surface area contributed by atoms with Crippen LogP contribution in [0.25, 0.3) is 0 Å². The van der Waals surface area contributed by atoms with E-state index in [2.05, 4.69) is 10.8 Å². The zero-order chi connectivity index (χ0) is 11.9. The van der Waals surface area contributed by atoms with Crippen molar-refractivity contribution in [1.29, 1.82) is 0 Å². The highest BCUT2D eigenvalue weighted by Gasteiger charge is 2.15. The van der Waals surface area contributed by atoms with Gasteiger partial charge in [-0.05, 0) is 39.7 Å². The van der Waals surface area contributed by atoms with Gasteiger partial charge in [0.2, 0.25) is 0 Å². The van der Waals surface area contributed by atoms with Gasteiger partial charge in [-0.25, -0.2) is 4.79 Å². The van der Waals surface area contributed by atoms with Crippen molar-refractivity contribution in [2.75, 3.05) is 7.11 Å². The molecule has 0 aromatic heterocycles. The molecule has 0 bridgehead atoms. The van der Waals surface area contributed by atoms with Crippen molar-refractivity contribution in [1.82, 2.24) is 0 Å². The van der Waals surface area contributed by atoms with Gasteiger partial charge in [-0.15, -0.1) is 0 Å². The Balaban J connectivity index is 4.12. The number of aliphatic hydroxyl groups is 1. The van der Waals surface area contributed by atoms with Crippen LogP contribution in [0.15, 0.2) is 23.8 Å². The summed E-state index contributed by atoms with van der Waals surface area (Å²) >= 11 is 0. The molecule has 0 saturated heterocycles. The van der Waals surface area contributed by atoms with Gasteiger partial charge in [-0.1, -0.05) is 11.6 Å². The highest BCUT2D eigenvalue weighted by Crippen LogP contribution is 2.14. The van der Waals surface area contributed by atoms with Crippen LogP contribution in [-0.2, 0) is 9.53 Å². The molecule has 86 valence electrons. The number of hydrogen-bond donors (Lipinski definition) is 1. The highest BCUT2D eigenvalue weighted by molar-refractivity contribution is 5.81. The van der Waals surface area contributed by atoms with Crippen molar-refractivity contribution in [2.24, 2.45) is 0 Å². The fourth-order valence-electron chi connectivity index (χ4n) is 1.05. The Morgan fingerprint density at radius 2 is 2.07 bits per heavy atom. The SMILES string of the molecule is COC(=O)C=CC(C)(O)CCC=C(C)C. The zero-order valence-electron chi connectivity index (χ0n) is 9.91. The number of allylic oxidation sites excluding steroid dienone is 2. The van der Waals surface area contributed by atoms with Crippen LogP contribution in [-0.4, -0.2) is 23.8 Å².